The van der Waals surface area contributed by atoms with Gasteiger partial charge in [0.1, 0.15) is 11.3 Å². The Kier molecular flexibility index (Phi) is 8.95. The molecule has 1 aromatic carbocycles. The van der Waals surface area contributed by atoms with E-state index in [9.17, 15) is 9.59 Å². The van der Waals surface area contributed by atoms with Gasteiger partial charge in [0.05, 0.1) is 5.54 Å². The second kappa shape index (κ2) is 11.7. The Bertz CT molecular complexity index is 1240. The highest BCUT2D eigenvalue weighted by atomic mass is 32.2. The number of nitrogens with zero attached hydrogens (tertiary/aromatic N) is 1. The fraction of sp³-hybridized carbons (Fsp3) is 0.531. The normalized spacial score (nSPS) is 34.9. The zero-order chi connectivity index (χ0) is 27.6. The molecule has 0 bridgehead atoms. The van der Waals surface area contributed by atoms with Crippen LogP contribution in [0.3, 0.4) is 0 Å². The summed E-state index contributed by atoms with van der Waals surface area (Å²) in [5, 5.41) is 3.67. The fourth-order valence-electron chi connectivity index (χ4n) is 7.85. The van der Waals surface area contributed by atoms with Crippen LogP contribution in [0.1, 0.15) is 59.3 Å². The molecule has 6 rings (SSSR count). The standard InChI is InChI=1S/C20H27NO2.C11H11NS.CH4S/c1-18-8-5-14(23)11-13(18)3-4-15-16(18)6-9-19(2)17(15)7-10-20(19,21)12-22;1-2-13-11-10-6-4-3-5-9(10)7-8-12-11;1-2/h5,8,11-12,15-17H,3-4,6-7,9-10,21H2,1-2H3;3-8H,2H2,1H3;2H,1H3/t15?,16?,17?,18?,19?,20-;;/m0../s1. The maximum absolute atomic E-state index is 11.8. The van der Waals surface area contributed by atoms with Crippen LogP contribution >= 0.6 is 24.4 Å². The van der Waals surface area contributed by atoms with E-state index in [2.05, 4.69) is 74.8 Å². The smallest absolute Gasteiger partial charge is 0.178 e. The maximum atomic E-state index is 11.8. The molecule has 6 atom stereocenters. The SMILES string of the molecule is CC12C=CC(=O)C=C1CCC1C2CCC2(C)C1CC[C@]2(N)C=O.CCSc1nccc2ccccc12.CS. The van der Waals surface area contributed by atoms with Crippen LogP contribution < -0.4 is 5.73 Å². The number of fused-ring (bicyclic) bond motifs is 6. The predicted molar refractivity (Wildman–Crippen MR) is 163 cm³/mol. The summed E-state index contributed by atoms with van der Waals surface area (Å²) in [5.41, 5.74) is 7.17. The van der Waals surface area contributed by atoms with Crippen LogP contribution in [0, 0.1) is 28.6 Å². The first-order valence-corrected chi connectivity index (χ1v) is 15.7. The largest absolute Gasteiger partial charge is 0.319 e. The Labute approximate surface area is 237 Å². The Morgan fingerprint density at radius 1 is 1.11 bits per heavy atom. The number of aromatic nitrogens is 1. The van der Waals surface area contributed by atoms with Crippen LogP contribution in [-0.4, -0.2) is 34.6 Å². The average molecular weight is 551 g/mol. The maximum Gasteiger partial charge on any atom is 0.178 e. The summed E-state index contributed by atoms with van der Waals surface area (Å²) < 4.78 is 0. The van der Waals surface area contributed by atoms with Crippen molar-refractivity contribution in [3.05, 3.63) is 60.3 Å². The van der Waals surface area contributed by atoms with Crippen molar-refractivity contribution >= 4 is 47.2 Å². The number of thiol groups is 1. The van der Waals surface area contributed by atoms with Gasteiger partial charge < -0.3 is 10.5 Å². The van der Waals surface area contributed by atoms with E-state index in [1.165, 1.54) is 16.3 Å². The number of aldehydes is 1. The molecule has 0 radical (unpaired) electrons. The number of ketones is 1. The third-order valence-corrected chi connectivity index (χ3v) is 10.9. The summed E-state index contributed by atoms with van der Waals surface area (Å²) in [6.07, 6.45) is 16.6. The summed E-state index contributed by atoms with van der Waals surface area (Å²) in [4.78, 5) is 27.8. The molecule has 5 unspecified atom stereocenters. The quantitative estimate of drug-likeness (QED) is 0.243. The third kappa shape index (κ3) is 4.93. The number of hydrogen-bond acceptors (Lipinski definition) is 6. The van der Waals surface area contributed by atoms with Crippen LogP contribution in [0.2, 0.25) is 0 Å². The van der Waals surface area contributed by atoms with Crippen molar-refractivity contribution in [1.29, 1.82) is 0 Å². The minimum atomic E-state index is -0.641. The Hall–Kier alpha value is -1.89. The van der Waals surface area contributed by atoms with Crippen LogP contribution in [0.25, 0.3) is 10.8 Å². The van der Waals surface area contributed by atoms with Gasteiger partial charge in [-0.1, -0.05) is 56.7 Å². The van der Waals surface area contributed by atoms with Gasteiger partial charge in [0.25, 0.3) is 0 Å². The second-order valence-electron chi connectivity index (χ2n) is 11.5. The molecular formula is C32H42N2O2S2. The molecule has 2 N–H and O–H groups in total. The molecule has 1 heterocycles. The zero-order valence-electron chi connectivity index (χ0n) is 23.2. The number of carbonyl (C=O) groups is 2. The molecule has 0 saturated heterocycles. The van der Waals surface area contributed by atoms with Crippen LogP contribution in [0.5, 0.6) is 0 Å². The molecule has 0 amide bonds. The van der Waals surface area contributed by atoms with Gasteiger partial charge in [0.15, 0.2) is 5.78 Å². The molecule has 1 aromatic heterocycles. The van der Waals surface area contributed by atoms with E-state index >= 15 is 0 Å². The number of pyridine rings is 1. The molecule has 3 saturated carbocycles. The molecule has 204 valence electrons. The first-order chi connectivity index (χ1) is 18.3. The molecule has 3 fully saturated rings. The summed E-state index contributed by atoms with van der Waals surface area (Å²) in [6.45, 7) is 6.71. The van der Waals surface area contributed by atoms with Gasteiger partial charge >= 0.3 is 0 Å². The van der Waals surface area contributed by atoms with E-state index in [-0.39, 0.29) is 16.6 Å². The van der Waals surface area contributed by atoms with E-state index in [4.69, 9.17) is 5.73 Å². The highest BCUT2D eigenvalue weighted by Gasteiger charge is 2.62. The highest BCUT2D eigenvalue weighted by molar-refractivity contribution is 7.99. The van der Waals surface area contributed by atoms with Crippen LogP contribution in [-0.2, 0) is 9.59 Å². The topological polar surface area (TPSA) is 73.1 Å². The number of rotatable bonds is 3. The minimum Gasteiger partial charge on any atom is -0.319 e. The summed E-state index contributed by atoms with van der Waals surface area (Å²) in [5.74, 6) is 2.96. The lowest BCUT2D eigenvalue weighted by molar-refractivity contribution is -0.120. The molecule has 4 aliphatic rings. The molecule has 38 heavy (non-hydrogen) atoms. The number of hydrogen-bond donors (Lipinski definition) is 2. The molecule has 4 nitrogen and oxygen atoms in total. The Morgan fingerprint density at radius 3 is 2.58 bits per heavy atom. The van der Waals surface area contributed by atoms with E-state index in [0.717, 1.165) is 55.6 Å². The summed E-state index contributed by atoms with van der Waals surface area (Å²) in [7, 11) is 0. The predicted octanol–water partition coefficient (Wildman–Crippen LogP) is 7.08. The average Bonchev–Trinajstić information content (AvgIpc) is 3.22. The monoisotopic (exact) mass is 550 g/mol. The van der Waals surface area contributed by atoms with Crippen molar-refractivity contribution < 1.29 is 9.59 Å². The van der Waals surface area contributed by atoms with Crippen LogP contribution in [0.15, 0.2) is 65.4 Å². The zero-order valence-corrected chi connectivity index (χ0v) is 24.9. The number of carbonyl (C=O) groups excluding carboxylic acids is 2. The molecule has 0 spiro atoms. The number of allylic oxidation sites excluding steroid dienone is 4. The first-order valence-electron chi connectivity index (χ1n) is 13.9. The number of nitrogens with two attached hydrogens (primary N) is 1. The molecule has 6 heteroatoms. The van der Waals surface area contributed by atoms with E-state index < -0.39 is 5.54 Å². The van der Waals surface area contributed by atoms with Gasteiger partial charge in [0.2, 0.25) is 0 Å². The molecular weight excluding hydrogens is 508 g/mol. The lowest BCUT2D eigenvalue weighted by Gasteiger charge is -2.57. The second-order valence-corrected chi connectivity index (χ2v) is 12.8. The molecule has 0 aliphatic heterocycles. The lowest BCUT2D eigenvalue weighted by Crippen LogP contribution is -2.58. The molecule has 4 aliphatic carbocycles. The summed E-state index contributed by atoms with van der Waals surface area (Å²) >= 11 is 5.32. The van der Waals surface area contributed by atoms with Crippen molar-refractivity contribution in [3.63, 3.8) is 0 Å². The van der Waals surface area contributed by atoms with Gasteiger partial charge in [-0.15, -0.1) is 11.8 Å². The van der Waals surface area contributed by atoms with E-state index in [1.807, 2.05) is 12.3 Å². The lowest BCUT2D eigenvalue weighted by atomic mass is 9.47. The Morgan fingerprint density at radius 2 is 1.84 bits per heavy atom. The van der Waals surface area contributed by atoms with Crippen molar-refractivity contribution in [2.75, 3.05) is 12.0 Å². The van der Waals surface area contributed by atoms with Gasteiger partial charge in [-0.2, -0.15) is 12.6 Å². The highest BCUT2D eigenvalue weighted by Crippen LogP contribution is 2.66. The number of thioether (sulfide) groups is 1. The minimum absolute atomic E-state index is 0.0270. The van der Waals surface area contributed by atoms with E-state index in [1.54, 1.807) is 24.1 Å². The van der Waals surface area contributed by atoms with Crippen LogP contribution in [0.4, 0.5) is 0 Å². The van der Waals surface area contributed by atoms with Crippen molar-refractivity contribution in [2.24, 2.45) is 34.3 Å². The van der Waals surface area contributed by atoms with Crippen molar-refractivity contribution in [3.8, 4) is 0 Å². The fourth-order valence-corrected chi connectivity index (χ4v) is 8.60. The Balaban J connectivity index is 0.000000190. The summed E-state index contributed by atoms with van der Waals surface area (Å²) in [6, 6.07) is 10.4. The van der Waals surface area contributed by atoms with Gasteiger partial charge in [-0.25, -0.2) is 4.98 Å². The van der Waals surface area contributed by atoms with E-state index in [0.29, 0.717) is 17.8 Å². The first kappa shape index (κ1) is 29.1. The van der Waals surface area contributed by atoms with Gasteiger partial charge in [0, 0.05) is 17.0 Å². The van der Waals surface area contributed by atoms with Crippen molar-refractivity contribution in [1.82, 2.24) is 4.98 Å². The molecule has 2 aromatic rings. The third-order valence-electron chi connectivity index (χ3n) is 10.0. The van der Waals surface area contributed by atoms with Crippen molar-refractivity contribution in [2.45, 2.75) is 69.9 Å². The van der Waals surface area contributed by atoms with Gasteiger partial charge in [-0.3, -0.25) is 4.79 Å². The van der Waals surface area contributed by atoms with Gasteiger partial charge in [-0.05, 0) is 97.3 Å². The number of benzene rings is 1.